The van der Waals surface area contributed by atoms with Crippen LogP contribution in [-0.2, 0) is 0 Å². The highest BCUT2D eigenvalue weighted by Gasteiger charge is 2.41. The van der Waals surface area contributed by atoms with Gasteiger partial charge in [-0.2, -0.15) is 5.10 Å². The summed E-state index contributed by atoms with van der Waals surface area (Å²) in [5.74, 6) is 0.694. The molecule has 0 aliphatic heterocycles. The summed E-state index contributed by atoms with van der Waals surface area (Å²) in [6, 6.07) is 0. The molecule has 0 aromatic carbocycles. The van der Waals surface area contributed by atoms with E-state index in [1.54, 1.807) is 0 Å². The predicted molar refractivity (Wildman–Crippen MR) is 65.5 cm³/mol. The molecule has 0 unspecified atom stereocenters. The maximum Gasteiger partial charge on any atom is 0.154 e. The summed E-state index contributed by atoms with van der Waals surface area (Å²) >= 11 is 3.29. The monoisotopic (exact) mass is 300 g/mol. The van der Waals surface area contributed by atoms with E-state index in [0.717, 1.165) is 0 Å². The van der Waals surface area contributed by atoms with E-state index in [1.165, 1.54) is 10.8 Å². The van der Waals surface area contributed by atoms with Crippen molar-refractivity contribution >= 4 is 27.3 Å². The molecule has 7 heteroatoms. The Morgan fingerprint density at radius 2 is 2.47 bits per heavy atom. The fourth-order valence-electron chi connectivity index (χ4n) is 2.14. The van der Waals surface area contributed by atoms with Gasteiger partial charge in [0.15, 0.2) is 5.82 Å². The Labute approximate surface area is 110 Å². The summed E-state index contributed by atoms with van der Waals surface area (Å²) in [6.07, 6.45) is 1.56. The zero-order valence-corrected chi connectivity index (χ0v) is 10.3. The van der Waals surface area contributed by atoms with Crippen molar-refractivity contribution in [2.75, 3.05) is 5.73 Å². The third kappa shape index (κ3) is 1.61. The minimum Gasteiger partial charge on any atom is -0.390 e. The summed E-state index contributed by atoms with van der Waals surface area (Å²) in [6.45, 7) is -2.39. The number of anilines is 1. The number of nitrogens with two attached hydrogens (primary N) is 1. The number of fused-ring (bicyclic) bond motifs is 1. The van der Waals surface area contributed by atoms with Crippen molar-refractivity contribution in [1.82, 2.24) is 19.6 Å². The molecule has 1 aliphatic rings. The van der Waals surface area contributed by atoms with Gasteiger partial charge < -0.3 is 10.8 Å². The summed E-state index contributed by atoms with van der Waals surface area (Å²) in [5.41, 5.74) is 4.67. The summed E-state index contributed by atoms with van der Waals surface area (Å²) < 4.78 is 24.1. The molecule has 3 rings (SSSR count). The van der Waals surface area contributed by atoms with Crippen LogP contribution in [-0.4, -0.2) is 30.3 Å². The van der Waals surface area contributed by atoms with E-state index in [4.69, 9.17) is 9.85 Å². The minimum absolute atomic E-state index is 0.124. The van der Waals surface area contributed by atoms with Crippen LogP contribution >= 0.6 is 15.9 Å². The van der Waals surface area contributed by atoms with E-state index >= 15 is 0 Å². The second-order valence-corrected chi connectivity index (χ2v) is 5.05. The number of hydrogen-bond acceptors (Lipinski definition) is 5. The van der Waals surface area contributed by atoms with Crippen molar-refractivity contribution in [3.63, 3.8) is 0 Å². The van der Waals surface area contributed by atoms with Crippen LogP contribution in [0.2, 0.25) is 0 Å². The molecule has 0 radical (unpaired) electrons. The number of aromatic nitrogens is 4. The second-order valence-electron chi connectivity index (χ2n) is 4.30. The van der Waals surface area contributed by atoms with E-state index in [1.807, 2.05) is 0 Å². The van der Waals surface area contributed by atoms with E-state index in [9.17, 15) is 5.11 Å². The Bertz CT molecular complexity index is 679. The van der Waals surface area contributed by atoms with Crippen LogP contribution in [0.4, 0.5) is 5.82 Å². The topological polar surface area (TPSA) is 89.3 Å². The van der Waals surface area contributed by atoms with Gasteiger partial charge in [-0.05, 0) is 35.6 Å². The first-order valence-corrected chi connectivity index (χ1v) is 5.89. The Morgan fingerprint density at radius 1 is 1.71 bits per heavy atom. The SMILES string of the molecule is [2H]C([2H])([2H])C1(O)CC(c2nc(Br)c3c(N)ncnn23)C1. The van der Waals surface area contributed by atoms with Crippen molar-refractivity contribution in [3.8, 4) is 0 Å². The van der Waals surface area contributed by atoms with Gasteiger partial charge in [0, 0.05) is 10.0 Å². The van der Waals surface area contributed by atoms with Gasteiger partial charge in [0.2, 0.25) is 0 Å². The molecule has 0 amide bonds. The molecule has 6 nitrogen and oxygen atoms in total. The normalized spacial score (nSPS) is 31.6. The first-order valence-electron chi connectivity index (χ1n) is 6.60. The summed E-state index contributed by atoms with van der Waals surface area (Å²) in [7, 11) is 0. The lowest BCUT2D eigenvalue weighted by atomic mass is 9.72. The molecular weight excluding hydrogens is 286 g/mol. The van der Waals surface area contributed by atoms with Crippen LogP contribution in [0.3, 0.4) is 0 Å². The molecular formula is C10H12BrN5O. The first-order chi connectivity index (χ1) is 9.23. The van der Waals surface area contributed by atoms with Gasteiger partial charge in [0.25, 0.3) is 0 Å². The van der Waals surface area contributed by atoms with Crippen LogP contribution < -0.4 is 5.73 Å². The van der Waals surface area contributed by atoms with Crippen molar-refractivity contribution < 1.29 is 9.22 Å². The van der Waals surface area contributed by atoms with Crippen LogP contribution in [0.1, 0.15) is 35.5 Å². The molecule has 2 aromatic heterocycles. The van der Waals surface area contributed by atoms with Crippen molar-refractivity contribution in [2.45, 2.75) is 31.2 Å². The van der Waals surface area contributed by atoms with E-state index < -0.39 is 12.5 Å². The zero-order chi connectivity index (χ0) is 14.7. The maximum atomic E-state index is 10.0. The average molecular weight is 301 g/mol. The van der Waals surface area contributed by atoms with Crippen LogP contribution in [0, 0.1) is 0 Å². The molecule has 0 bridgehead atoms. The molecule has 2 aromatic rings. The lowest BCUT2D eigenvalue weighted by Crippen LogP contribution is -2.40. The highest BCUT2D eigenvalue weighted by atomic mass is 79.9. The van der Waals surface area contributed by atoms with Gasteiger partial charge in [0.1, 0.15) is 22.3 Å². The van der Waals surface area contributed by atoms with Crippen molar-refractivity contribution in [3.05, 3.63) is 16.8 Å². The molecule has 3 N–H and O–H groups in total. The lowest BCUT2D eigenvalue weighted by molar-refractivity contribution is -0.0337. The molecule has 1 aliphatic carbocycles. The maximum absolute atomic E-state index is 10.0. The van der Waals surface area contributed by atoms with E-state index in [2.05, 4.69) is 31.0 Å². The number of rotatable bonds is 1. The highest BCUT2D eigenvalue weighted by Crippen LogP contribution is 2.44. The second kappa shape index (κ2) is 3.39. The molecule has 17 heavy (non-hydrogen) atoms. The Hall–Kier alpha value is -1.21. The average Bonchev–Trinajstić information content (AvgIpc) is 2.62. The van der Waals surface area contributed by atoms with E-state index in [0.29, 0.717) is 15.9 Å². The third-order valence-corrected chi connectivity index (χ3v) is 3.53. The molecule has 1 fully saturated rings. The van der Waals surface area contributed by atoms with Crippen molar-refractivity contribution in [2.24, 2.45) is 0 Å². The van der Waals surface area contributed by atoms with Gasteiger partial charge >= 0.3 is 0 Å². The number of halogens is 1. The number of imidazole rings is 1. The van der Waals surface area contributed by atoms with Gasteiger partial charge in [-0.25, -0.2) is 14.5 Å². The lowest BCUT2D eigenvalue weighted by Gasteiger charge is -2.39. The molecule has 0 spiro atoms. The molecule has 0 saturated heterocycles. The number of nitrogens with zero attached hydrogens (tertiary/aromatic N) is 4. The molecule has 2 heterocycles. The van der Waals surface area contributed by atoms with Crippen LogP contribution in [0.25, 0.3) is 5.52 Å². The molecule has 1 saturated carbocycles. The smallest absolute Gasteiger partial charge is 0.154 e. The quantitative estimate of drug-likeness (QED) is 0.823. The van der Waals surface area contributed by atoms with Crippen molar-refractivity contribution in [1.29, 1.82) is 0 Å². The third-order valence-electron chi connectivity index (χ3n) is 2.98. The zero-order valence-electron chi connectivity index (χ0n) is 11.8. The Morgan fingerprint density at radius 3 is 3.18 bits per heavy atom. The number of aliphatic hydroxyl groups is 1. The first kappa shape index (κ1) is 7.99. The number of nitrogen functional groups attached to an aromatic ring is 1. The van der Waals surface area contributed by atoms with E-state index in [-0.39, 0.29) is 24.6 Å². The standard InChI is InChI=1S/C10H12BrN5O/c1-10(17)2-5(3-10)9-15-7(11)6-8(12)13-4-14-16(6)9/h4-5,17H,2-3H2,1H3,(H2,12,13,14)/i1D3. The van der Waals surface area contributed by atoms with Crippen LogP contribution in [0.15, 0.2) is 10.9 Å². The minimum atomic E-state index is -2.39. The molecule has 90 valence electrons. The van der Waals surface area contributed by atoms with Crippen LogP contribution in [0.5, 0.6) is 0 Å². The summed E-state index contributed by atoms with van der Waals surface area (Å²) in [4.78, 5) is 8.21. The highest BCUT2D eigenvalue weighted by molar-refractivity contribution is 9.10. The Balaban J connectivity index is 1.97. The largest absolute Gasteiger partial charge is 0.390 e. The molecule has 0 atom stereocenters. The summed E-state index contributed by atoms with van der Waals surface area (Å²) in [5, 5.41) is 14.1. The number of hydrogen-bond donors (Lipinski definition) is 2. The fourth-order valence-corrected chi connectivity index (χ4v) is 2.69. The predicted octanol–water partition coefficient (Wildman–Crippen LogP) is 1.10. The Kier molecular flexibility index (Phi) is 1.60. The fraction of sp³-hybridized carbons (Fsp3) is 0.500. The van der Waals surface area contributed by atoms with Gasteiger partial charge in [-0.3, -0.25) is 0 Å². The van der Waals surface area contributed by atoms with Gasteiger partial charge in [-0.15, -0.1) is 0 Å². The van der Waals surface area contributed by atoms with Gasteiger partial charge in [0.05, 0.1) is 5.60 Å². The van der Waals surface area contributed by atoms with Gasteiger partial charge in [-0.1, -0.05) is 0 Å².